The van der Waals surface area contributed by atoms with E-state index in [2.05, 4.69) is 10.3 Å². The van der Waals surface area contributed by atoms with Gasteiger partial charge in [0.2, 0.25) is 0 Å². The standard InChI is InChI=1S/C19H18F3N3OS/c1-12(18-24-15-9-5-6-10-16(15)27-18)25(2)11-17(26)23-14-8-4-3-7-13(14)19(20,21)22/h3-10,12H,11H2,1-2H3,(H,23,26)/p+1/t12-/m1/s1. The first-order valence-corrected chi connectivity index (χ1v) is 9.21. The summed E-state index contributed by atoms with van der Waals surface area (Å²) < 4.78 is 40.2. The number of quaternary nitrogens is 1. The maximum Gasteiger partial charge on any atom is 0.418 e. The van der Waals surface area contributed by atoms with Crippen LogP contribution in [-0.2, 0) is 11.0 Å². The number of para-hydroxylation sites is 2. The second kappa shape index (κ2) is 7.66. The summed E-state index contributed by atoms with van der Waals surface area (Å²) >= 11 is 1.56. The molecule has 0 spiro atoms. The minimum atomic E-state index is -4.52. The monoisotopic (exact) mass is 394 g/mol. The minimum absolute atomic E-state index is 0.0310. The number of likely N-dealkylation sites (N-methyl/N-ethyl adjacent to an activating group) is 1. The van der Waals surface area contributed by atoms with Crippen LogP contribution in [0, 0.1) is 0 Å². The lowest BCUT2D eigenvalue weighted by Gasteiger charge is -2.20. The number of nitrogens with one attached hydrogen (secondary N) is 2. The van der Waals surface area contributed by atoms with Gasteiger partial charge in [0.1, 0.15) is 6.04 Å². The second-order valence-corrected chi connectivity index (χ2v) is 7.42. The fourth-order valence-electron chi connectivity index (χ4n) is 2.73. The summed E-state index contributed by atoms with van der Waals surface area (Å²) in [5.41, 5.74) is -0.175. The Morgan fingerprint density at radius 1 is 1.19 bits per heavy atom. The number of thiazole rings is 1. The number of alkyl halides is 3. The average Bonchev–Trinajstić information content (AvgIpc) is 3.04. The van der Waals surface area contributed by atoms with E-state index in [-0.39, 0.29) is 18.3 Å². The van der Waals surface area contributed by atoms with Crippen LogP contribution < -0.4 is 10.2 Å². The van der Waals surface area contributed by atoms with E-state index >= 15 is 0 Å². The molecule has 2 atom stereocenters. The molecule has 1 aromatic heterocycles. The van der Waals surface area contributed by atoms with Crippen LogP contribution in [0.5, 0.6) is 0 Å². The average molecular weight is 394 g/mol. The highest BCUT2D eigenvalue weighted by molar-refractivity contribution is 7.18. The van der Waals surface area contributed by atoms with E-state index in [1.165, 1.54) is 18.2 Å². The zero-order valence-electron chi connectivity index (χ0n) is 14.8. The molecule has 4 nitrogen and oxygen atoms in total. The fraction of sp³-hybridized carbons (Fsp3) is 0.263. The Hall–Kier alpha value is -2.45. The number of fused-ring (bicyclic) bond motifs is 1. The first kappa shape index (κ1) is 19.3. The lowest BCUT2D eigenvalue weighted by Crippen LogP contribution is -3.10. The van der Waals surface area contributed by atoms with Crippen LogP contribution >= 0.6 is 11.3 Å². The molecule has 0 aliphatic rings. The molecule has 0 aliphatic heterocycles. The summed E-state index contributed by atoms with van der Waals surface area (Å²) in [6, 6.07) is 12.7. The molecule has 3 aromatic rings. The third-order valence-electron chi connectivity index (χ3n) is 4.37. The molecule has 0 radical (unpaired) electrons. The molecule has 1 unspecified atom stereocenters. The van der Waals surface area contributed by atoms with Gasteiger partial charge in [-0.1, -0.05) is 24.3 Å². The van der Waals surface area contributed by atoms with Gasteiger partial charge in [0, 0.05) is 0 Å². The van der Waals surface area contributed by atoms with E-state index in [1.807, 2.05) is 38.2 Å². The van der Waals surface area contributed by atoms with Crippen LogP contribution in [-0.4, -0.2) is 24.5 Å². The summed E-state index contributed by atoms with van der Waals surface area (Å²) in [7, 11) is 1.83. The molecule has 2 N–H and O–H groups in total. The van der Waals surface area contributed by atoms with Crippen molar-refractivity contribution in [1.29, 1.82) is 0 Å². The number of carbonyl (C=O) groups excluding carboxylic acids is 1. The van der Waals surface area contributed by atoms with Crippen molar-refractivity contribution in [2.75, 3.05) is 18.9 Å². The normalized spacial score (nSPS) is 14.1. The molecular weight excluding hydrogens is 375 g/mol. The van der Waals surface area contributed by atoms with Crippen molar-refractivity contribution in [3.63, 3.8) is 0 Å². The van der Waals surface area contributed by atoms with Crippen molar-refractivity contribution in [3.8, 4) is 0 Å². The number of rotatable bonds is 5. The van der Waals surface area contributed by atoms with Gasteiger partial charge in [-0.2, -0.15) is 13.2 Å². The van der Waals surface area contributed by atoms with Gasteiger partial charge < -0.3 is 10.2 Å². The highest BCUT2D eigenvalue weighted by atomic mass is 32.1. The third-order valence-corrected chi connectivity index (χ3v) is 5.59. The van der Waals surface area contributed by atoms with Gasteiger partial charge in [0.05, 0.1) is 28.5 Å². The third kappa shape index (κ3) is 4.45. The van der Waals surface area contributed by atoms with E-state index < -0.39 is 17.6 Å². The number of benzene rings is 2. The Labute approximate surface area is 158 Å². The number of nitrogens with zero attached hydrogens (tertiary/aromatic N) is 1. The molecule has 0 fully saturated rings. The Morgan fingerprint density at radius 3 is 2.56 bits per heavy atom. The van der Waals surface area contributed by atoms with Gasteiger partial charge in [0.25, 0.3) is 5.91 Å². The van der Waals surface area contributed by atoms with E-state index in [9.17, 15) is 18.0 Å². The van der Waals surface area contributed by atoms with E-state index in [0.717, 1.165) is 26.2 Å². The fourth-order valence-corrected chi connectivity index (χ4v) is 3.84. The number of aromatic nitrogens is 1. The molecule has 142 valence electrons. The van der Waals surface area contributed by atoms with Crippen LogP contribution in [0.4, 0.5) is 18.9 Å². The number of amides is 1. The summed E-state index contributed by atoms with van der Waals surface area (Å²) in [6.45, 7) is 1.98. The number of carbonyl (C=O) groups is 1. The topological polar surface area (TPSA) is 46.4 Å². The van der Waals surface area contributed by atoms with Gasteiger partial charge >= 0.3 is 6.18 Å². The highest BCUT2D eigenvalue weighted by Crippen LogP contribution is 2.34. The molecule has 8 heteroatoms. The molecule has 27 heavy (non-hydrogen) atoms. The lowest BCUT2D eigenvalue weighted by atomic mass is 10.1. The van der Waals surface area contributed by atoms with Crippen molar-refractivity contribution in [2.45, 2.75) is 19.1 Å². The van der Waals surface area contributed by atoms with Gasteiger partial charge in [-0.15, -0.1) is 11.3 Å². The Morgan fingerprint density at radius 2 is 1.85 bits per heavy atom. The van der Waals surface area contributed by atoms with E-state index in [4.69, 9.17) is 0 Å². The first-order valence-electron chi connectivity index (χ1n) is 8.39. The number of hydrogen-bond acceptors (Lipinski definition) is 3. The smallest absolute Gasteiger partial charge is 0.322 e. The summed E-state index contributed by atoms with van der Waals surface area (Å²) in [6.07, 6.45) is -4.52. The molecule has 0 bridgehead atoms. The molecule has 1 amide bonds. The van der Waals surface area contributed by atoms with Crippen LogP contribution in [0.25, 0.3) is 10.2 Å². The highest BCUT2D eigenvalue weighted by Gasteiger charge is 2.34. The van der Waals surface area contributed by atoms with E-state index in [1.54, 1.807) is 11.3 Å². The van der Waals surface area contributed by atoms with Crippen molar-refractivity contribution in [3.05, 3.63) is 59.1 Å². The molecule has 1 heterocycles. The number of hydrogen-bond donors (Lipinski definition) is 2. The molecule has 0 saturated heterocycles. The minimum Gasteiger partial charge on any atom is -0.322 e. The molecular formula is C19H19F3N3OS+. The van der Waals surface area contributed by atoms with Crippen LogP contribution in [0.15, 0.2) is 48.5 Å². The van der Waals surface area contributed by atoms with Crippen molar-refractivity contribution in [1.82, 2.24) is 4.98 Å². The van der Waals surface area contributed by atoms with Crippen molar-refractivity contribution < 1.29 is 22.9 Å². The van der Waals surface area contributed by atoms with Crippen molar-refractivity contribution >= 4 is 33.1 Å². The Kier molecular flexibility index (Phi) is 5.48. The summed E-state index contributed by atoms with van der Waals surface area (Å²) in [5.74, 6) is -0.475. The van der Waals surface area contributed by atoms with Crippen LogP contribution in [0.2, 0.25) is 0 Å². The first-order chi connectivity index (χ1) is 12.8. The maximum absolute atomic E-state index is 13.0. The summed E-state index contributed by atoms with van der Waals surface area (Å²) in [5, 5.41) is 3.27. The predicted molar refractivity (Wildman–Crippen MR) is 99.9 cm³/mol. The van der Waals surface area contributed by atoms with Crippen LogP contribution in [0.3, 0.4) is 0 Å². The lowest BCUT2D eigenvalue weighted by molar-refractivity contribution is -0.902. The largest absolute Gasteiger partial charge is 0.418 e. The second-order valence-electron chi connectivity index (χ2n) is 6.36. The molecule has 3 rings (SSSR count). The predicted octanol–water partition coefficient (Wildman–Crippen LogP) is 3.53. The van der Waals surface area contributed by atoms with Gasteiger partial charge in [0.15, 0.2) is 11.6 Å². The van der Waals surface area contributed by atoms with Gasteiger partial charge in [-0.3, -0.25) is 4.79 Å². The summed E-state index contributed by atoms with van der Waals surface area (Å²) in [4.78, 5) is 17.7. The number of halogens is 3. The van der Waals surface area contributed by atoms with Crippen molar-refractivity contribution in [2.24, 2.45) is 0 Å². The van der Waals surface area contributed by atoms with E-state index in [0.29, 0.717) is 0 Å². The Bertz CT molecular complexity index is 922. The Balaban J connectivity index is 1.69. The molecule has 0 aliphatic carbocycles. The maximum atomic E-state index is 13.0. The zero-order chi connectivity index (χ0) is 19.6. The SMILES string of the molecule is C[C@H](c1nc2ccccc2s1)[NH+](C)CC(=O)Nc1ccccc1C(F)(F)F. The zero-order valence-corrected chi connectivity index (χ0v) is 15.6. The van der Waals surface area contributed by atoms with Gasteiger partial charge in [-0.25, -0.2) is 4.98 Å². The quantitative estimate of drug-likeness (QED) is 0.696. The van der Waals surface area contributed by atoms with Crippen LogP contribution in [0.1, 0.15) is 23.5 Å². The van der Waals surface area contributed by atoms with Gasteiger partial charge in [-0.05, 0) is 31.2 Å². The molecule has 0 saturated carbocycles. The molecule has 2 aromatic carbocycles. The number of anilines is 1.